The van der Waals surface area contributed by atoms with Gasteiger partial charge in [0.2, 0.25) is 0 Å². The number of rotatable bonds is 8. The number of nitrogens with zero attached hydrogens (tertiary/aromatic N) is 1. The minimum Gasteiger partial charge on any atom is -0.490 e. The second kappa shape index (κ2) is 10.8. The van der Waals surface area contributed by atoms with Gasteiger partial charge in [0.1, 0.15) is 6.61 Å². The molecule has 3 aromatic rings. The molecule has 30 heavy (non-hydrogen) atoms. The first-order valence-corrected chi connectivity index (χ1v) is 10.5. The fourth-order valence-corrected chi connectivity index (χ4v) is 3.46. The molecule has 0 bridgehead atoms. The first kappa shape index (κ1) is 21.9. The van der Waals surface area contributed by atoms with Crippen molar-refractivity contribution in [2.24, 2.45) is 5.10 Å². The summed E-state index contributed by atoms with van der Waals surface area (Å²) in [5.41, 5.74) is 4.63. The van der Waals surface area contributed by atoms with Crippen molar-refractivity contribution in [3.63, 3.8) is 0 Å². The van der Waals surface area contributed by atoms with Gasteiger partial charge in [-0.1, -0.05) is 54.1 Å². The maximum Gasteiger partial charge on any atom is 0.272 e. The van der Waals surface area contributed by atoms with E-state index in [2.05, 4.69) is 26.5 Å². The average Bonchev–Trinajstić information content (AvgIpc) is 2.74. The number of halogens is 2. The van der Waals surface area contributed by atoms with Crippen molar-refractivity contribution < 1.29 is 14.3 Å². The molecule has 0 unspecified atom stereocenters. The van der Waals surface area contributed by atoms with E-state index in [1.165, 1.54) is 6.21 Å². The summed E-state index contributed by atoms with van der Waals surface area (Å²) in [4.78, 5) is 12.2. The van der Waals surface area contributed by atoms with Crippen molar-refractivity contribution in [2.45, 2.75) is 13.5 Å². The van der Waals surface area contributed by atoms with Gasteiger partial charge in [-0.25, -0.2) is 5.43 Å². The van der Waals surface area contributed by atoms with Gasteiger partial charge in [-0.15, -0.1) is 0 Å². The van der Waals surface area contributed by atoms with Gasteiger partial charge < -0.3 is 9.47 Å². The summed E-state index contributed by atoms with van der Waals surface area (Å²) < 4.78 is 12.4. The molecule has 0 heterocycles. The molecule has 0 aliphatic heterocycles. The lowest BCUT2D eigenvalue weighted by Crippen LogP contribution is -2.17. The van der Waals surface area contributed by atoms with Crippen LogP contribution in [0.15, 0.2) is 76.3 Å². The molecule has 5 nitrogen and oxygen atoms in total. The number of hydrogen-bond acceptors (Lipinski definition) is 4. The van der Waals surface area contributed by atoms with Crippen molar-refractivity contribution in [2.75, 3.05) is 6.61 Å². The van der Waals surface area contributed by atoms with Crippen LogP contribution in [0.4, 0.5) is 0 Å². The molecule has 7 heteroatoms. The molecular formula is C23H20BrClN2O3. The number of ether oxygens (including phenoxy) is 2. The molecular weight excluding hydrogens is 468 g/mol. The van der Waals surface area contributed by atoms with Crippen LogP contribution < -0.4 is 14.9 Å². The predicted molar refractivity (Wildman–Crippen MR) is 123 cm³/mol. The van der Waals surface area contributed by atoms with Gasteiger partial charge in [0, 0.05) is 0 Å². The van der Waals surface area contributed by atoms with Gasteiger partial charge >= 0.3 is 0 Å². The fourth-order valence-electron chi connectivity index (χ4n) is 2.67. The first-order chi connectivity index (χ1) is 14.6. The van der Waals surface area contributed by atoms with E-state index >= 15 is 0 Å². The Bertz CT molecular complexity index is 1040. The van der Waals surface area contributed by atoms with Gasteiger partial charge in [0.25, 0.3) is 5.91 Å². The zero-order chi connectivity index (χ0) is 21.3. The van der Waals surface area contributed by atoms with Crippen LogP contribution in [0.1, 0.15) is 28.4 Å². The van der Waals surface area contributed by atoms with E-state index in [4.69, 9.17) is 21.1 Å². The van der Waals surface area contributed by atoms with E-state index in [0.717, 1.165) is 15.6 Å². The summed E-state index contributed by atoms with van der Waals surface area (Å²) in [7, 11) is 0. The van der Waals surface area contributed by atoms with Gasteiger partial charge in [0.15, 0.2) is 11.5 Å². The van der Waals surface area contributed by atoms with Crippen molar-refractivity contribution in [3.8, 4) is 11.5 Å². The number of hydrazone groups is 1. The third kappa shape index (κ3) is 5.84. The monoisotopic (exact) mass is 486 g/mol. The summed E-state index contributed by atoms with van der Waals surface area (Å²) >= 11 is 9.57. The molecule has 154 valence electrons. The van der Waals surface area contributed by atoms with E-state index < -0.39 is 0 Å². The van der Waals surface area contributed by atoms with E-state index in [0.29, 0.717) is 35.3 Å². The normalized spacial score (nSPS) is 10.8. The Balaban J connectivity index is 1.73. The molecule has 0 spiro atoms. The van der Waals surface area contributed by atoms with E-state index in [-0.39, 0.29) is 5.91 Å². The number of benzene rings is 3. The number of hydrogen-bond donors (Lipinski definition) is 1. The minimum absolute atomic E-state index is 0.358. The number of carbonyl (C=O) groups excluding carboxylic acids is 1. The zero-order valence-electron chi connectivity index (χ0n) is 16.3. The summed E-state index contributed by atoms with van der Waals surface area (Å²) in [5, 5.41) is 4.39. The Morgan fingerprint density at radius 3 is 2.57 bits per heavy atom. The molecule has 0 aromatic heterocycles. The van der Waals surface area contributed by atoms with Gasteiger partial charge in [-0.2, -0.15) is 5.10 Å². The number of carbonyl (C=O) groups is 1. The number of nitrogens with one attached hydrogen (secondary N) is 1. The summed E-state index contributed by atoms with van der Waals surface area (Å²) in [6.45, 7) is 2.80. The number of amides is 1. The Hall–Kier alpha value is -2.83. The lowest BCUT2D eigenvalue weighted by molar-refractivity contribution is 0.0955. The van der Waals surface area contributed by atoms with E-state index in [1.54, 1.807) is 30.3 Å². The van der Waals surface area contributed by atoms with Crippen LogP contribution in [-0.2, 0) is 6.61 Å². The second-order valence-electron chi connectivity index (χ2n) is 6.22. The summed E-state index contributed by atoms with van der Waals surface area (Å²) in [5.74, 6) is 0.809. The molecule has 3 rings (SSSR count). The van der Waals surface area contributed by atoms with Crippen molar-refractivity contribution in [3.05, 3.63) is 92.9 Å². The minimum atomic E-state index is -0.385. The van der Waals surface area contributed by atoms with Gasteiger partial charge in [0.05, 0.1) is 27.9 Å². The highest BCUT2D eigenvalue weighted by Gasteiger charge is 2.13. The molecule has 0 saturated heterocycles. The van der Waals surface area contributed by atoms with Crippen LogP contribution in [0.3, 0.4) is 0 Å². The second-order valence-corrected chi connectivity index (χ2v) is 7.48. The highest BCUT2D eigenvalue weighted by atomic mass is 79.9. The predicted octanol–water partition coefficient (Wildman–Crippen LogP) is 5.84. The van der Waals surface area contributed by atoms with E-state index in [9.17, 15) is 4.79 Å². The summed E-state index contributed by atoms with van der Waals surface area (Å²) in [6.07, 6.45) is 1.53. The van der Waals surface area contributed by atoms with Gasteiger partial charge in [-0.05, 0) is 58.2 Å². The van der Waals surface area contributed by atoms with Crippen molar-refractivity contribution in [1.29, 1.82) is 0 Å². The fraction of sp³-hybridized carbons (Fsp3) is 0.130. The Morgan fingerprint density at radius 1 is 1.10 bits per heavy atom. The van der Waals surface area contributed by atoms with Crippen LogP contribution in [0.5, 0.6) is 11.5 Å². The maximum atomic E-state index is 12.2. The molecule has 0 radical (unpaired) electrons. The largest absolute Gasteiger partial charge is 0.490 e. The molecule has 1 amide bonds. The smallest absolute Gasteiger partial charge is 0.272 e. The van der Waals surface area contributed by atoms with Crippen molar-refractivity contribution in [1.82, 2.24) is 5.43 Å². The summed E-state index contributed by atoms with van der Waals surface area (Å²) in [6, 6.07) is 20.3. The Labute approximate surface area is 188 Å². The van der Waals surface area contributed by atoms with Crippen LogP contribution in [0.2, 0.25) is 5.02 Å². The third-order valence-electron chi connectivity index (χ3n) is 4.06. The highest BCUT2D eigenvalue weighted by molar-refractivity contribution is 9.10. The molecule has 1 N–H and O–H groups in total. The SMILES string of the molecule is CCOc1cc(/C=N\NC(=O)c2ccccc2Cl)cc(Br)c1OCc1ccccc1. The topological polar surface area (TPSA) is 59.9 Å². The lowest BCUT2D eigenvalue weighted by atomic mass is 10.2. The lowest BCUT2D eigenvalue weighted by Gasteiger charge is -2.14. The van der Waals surface area contributed by atoms with Crippen LogP contribution in [0.25, 0.3) is 0 Å². The van der Waals surface area contributed by atoms with Gasteiger partial charge in [-0.3, -0.25) is 4.79 Å². The molecule has 0 fully saturated rings. The van der Waals surface area contributed by atoms with Crippen molar-refractivity contribution >= 4 is 39.7 Å². The zero-order valence-corrected chi connectivity index (χ0v) is 18.6. The average molecular weight is 488 g/mol. The standard InChI is InChI=1S/C23H20BrClN2O3/c1-2-29-21-13-17(14-26-27-23(28)18-10-6-7-11-20(18)25)12-19(24)22(21)30-15-16-8-4-3-5-9-16/h3-14H,2,15H2,1H3,(H,27,28)/b26-14-. The third-order valence-corrected chi connectivity index (χ3v) is 4.97. The molecule has 3 aromatic carbocycles. The van der Waals surface area contributed by atoms with E-state index in [1.807, 2.05) is 43.3 Å². The van der Waals surface area contributed by atoms with Crippen LogP contribution >= 0.6 is 27.5 Å². The Morgan fingerprint density at radius 2 is 1.83 bits per heavy atom. The highest BCUT2D eigenvalue weighted by Crippen LogP contribution is 2.37. The Kier molecular flexibility index (Phi) is 7.88. The van der Waals surface area contributed by atoms with Crippen LogP contribution in [0, 0.1) is 0 Å². The molecule has 0 saturated carbocycles. The first-order valence-electron chi connectivity index (χ1n) is 9.29. The molecule has 0 aliphatic rings. The van der Waals surface area contributed by atoms with Crippen LogP contribution in [-0.4, -0.2) is 18.7 Å². The molecule has 0 atom stereocenters. The maximum absolute atomic E-state index is 12.2. The molecule has 0 aliphatic carbocycles. The quantitative estimate of drug-likeness (QED) is 0.320.